The molecule has 0 unspecified atom stereocenters. The lowest BCUT2D eigenvalue weighted by molar-refractivity contribution is 0.676. The average Bonchev–Trinajstić information content (AvgIpc) is 2.24. The van der Waals surface area contributed by atoms with Gasteiger partial charge in [0.15, 0.2) is 0 Å². The van der Waals surface area contributed by atoms with Gasteiger partial charge in [-0.25, -0.2) is 4.98 Å². The van der Waals surface area contributed by atoms with E-state index in [2.05, 4.69) is 23.0 Å². The van der Waals surface area contributed by atoms with Crippen molar-refractivity contribution in [1.82, 2.24) is 4.98 Å². The molecule has 0 saturated heterocycles. The van der Waals surface area contributed by atoms with Crippen LogP contribution in [0.4, 0.5) is 5.82 Å². The second-order valence-corrected chi connectivity index (χ2v) is 3.91. The molecule has 84 valence electrons. The van der Waals surface area contributed by atoms with Crippen molar-refractivity contribution >= 4 is 5.82 Å². The fourth-order valence-corrected chi connectivity index (χ4v) is 1.53. The number of nitrogens with two attached hydrogens (primary N) is 1. The molecule has 15 heavy (non-hydrogen) atoms. The number of aromatic nitrogens is 1. The van der Waals surface area contributed by atoms with Gasteiger partial charge in [0.25, 0.3) is 0 Å². The summed E-state index contributed by atoms with van der Waals surface area (Å²) in [5.74, 6) is 1.06. The van der Waals surface area contributed by atoms with E-state index in [4.69, 9.17) is 5.73 Å². The number of anilines is 1. The zero-order valence-corrected chi connectivity index (χ0v) is 9.74. The zero-order valence-electron chi connectivity index (χ0n) is 9.74. The maximum atomic E-state index is 5.45. The highest BCUT2D eigenvalue weighted by Gasteiger charge is 2.01. The fourth-order valence-electron chi connectivity index (χ4n) is 1.53. The summed E-state index contributed by atoms with van der Waals surface area (Å²) in [5, 5.41) is 0. The molecule has 3 nitrogen and oxygen atoms in total. The van der Waals surface area contributed by atoms with Crippen molar-refractivity contribution in [2.75, 3.05) is 25.0 Å². The quantitative estimate of drug-likeness (QED) is 0.725. The van der Waals surface area contributed by atoms with Gasteiger partial charge in [-0.1, -0.05) is 12.5 Å². The lowest BCUT2D eigenvalue weighted by Gasteiger charge is -2.18. The molecule has 0 atom stereocenters. The third-order valence-electron chi connectivity index (χ3n) is 2.46. The first-order valence-electron chi connectivity index (χ1n) is 5.59. The molecule has 1 aromatic rings. The number of nitrogens with zero attached hydrogens (tertiary/aromatic N) is 2. The molecule has 1 aromatic heterocycles. The first-order chi connectivity index (χ1) is 7.24. The van der Waals surface area contributed by atoms with Crippen LogP contribution in [0.2, 0.25) is 0 Å². The maximum Gasteiger partial charge on any atom is 0.128 e. The van der Waals surface area contributed by atoms with E-state index in [0.717, 1.165) is 31.0 Å². The Kier molecular flexibility index (Phi) is 5.12. The summed E-state index contributed by atoms with van der Waals surface area (Å²) in [4.78, 5) is 6.67. The molecule has 0 saturated carbocycles. The van der Waals surface area contributed by atoms with E-state index in [-0.39, 0.29) is 0 Å². The first-order valence-corrected chi connectivity index (χ1v) is 5.59. The van der Waals surface area contributed by atoms with Gasteiger partial charge in [0, 0.05) is 19.3 Å². The van der Waals surface area contributed by atoms with Crippen molar-refractivity contribution in [1.29, 1.82) is 0 Å². The smallest absolute Gasteiger partial charge is 0.128 e. The summed E-state index contributed by atoms with van der Waals surface area (Å²) in [7, 11) is 2.09. The molecular formula is C12H21N3. The molecule has 1 heterocycles. The monoisotopic (exact) mass is 207 g/mol. The Balaban J connectivity index is 2.36. The fraction of sp³-hybridized carbons (Fsp3) is 0.583. The molecule has 0 aromatic carbocycles. The Labute approximate surface area is 92.3 Å². The highest BCUT2D eigenvalue weighted by molar-refractivity contribution is 5.37. The van der Waals surface area contributed by atoms with Gasteiger partial charge in [0.2, 0.25) is 0 Å². The van der Waals surface area contributed by atoms with Crippen LogP contribution in [0, 0.1) is 6.92 Å². The van der Waals surface area contributed by atoms with Crippen molar-refractivity contribution in [2.24, 2.45) is 5.73 Å². The average molecular weight is 207 g/mol. The summed E-state index contributed by atoms with van der Waals surface area (Å²) in [6, 6.07) is 6.12. The third-order valence-corrected chi connectivity index (χ3v) is 2.46. The van der Waals surface area contributed by atoms with Crippen LogP contribution in [0.25, 0.3) is 0 Å². The lowest BCUT2D eigenvalue weighted by Crippen LogP contribution is -2.20. The van der Waals surface area contributed by atoms with E-state index in [1.165, 1.54) is 12.8 Å². The Morgan fingerprint density at radius 2 is 2.07 bits per heavy atom. The summed E-state index contributed by atoms with van der Waals surface area (Å²) in [5.41, 5.74) is 6.52. The van der Waals surface area contributed by atoms with Crippen LogP contribution in [0.3, 0.4) is 0 Å². The van der Waals surface area contributed by atoms with E-state index < -0.39 is 0 Å². The van der Waals surface area contributed by atoms with Crippen LogP contribution >= 0.6 is 0 Å². The standard InChI is InChI=1S/C12H21N3/c1-11-7-6-8-12(14-11)15(2)10-5-3-4-9-13/h6-8H,3-5,9-10,13H2,1-2H3. The molecule has 3 heteroatoms. The van der Waals surface area contributed by atoms with Crippen LogP contribution in [0.5, 0.6) is 0 Å². The lowest BCUT2D eigenvalue weighted by atomic mass is 10.2. The highest BCUT2D eigenvalue weighted by atomic mass is 15.2. The van der Waals surface area contributed by atoms with Gasteiger partial charge < -0.3 is 10.6 Å². The summed E-state index contributed by atoms with van der Waals surface area (Å²) >= 11 is 0. The SMILES string of the molecule is Cc1cccc(N(C)CCCCCN)n1. The van der Waals surface area contributed by atoms with E-state index in [1.54, 1.807) is 0 Å². The number of hydrogen-bond acceptors (Lipinski definition) is 3. The number of unbranched alkanes of at least 4 members (excludes halogenated alkanes) is 2. The van der Waals surface area contributed by atoms with E-state index in [9.17, 15) is 0 Å². The van der Waals surface area contributed by atoms with Crippen LogP contribution in [-0.4, -0.2) is 25.1 Å². The normalized spacial score (nSPS) is 10.3. The number of rotatable bonds is 6. The van der Waals surface area contributed by atoms with Crippen molar-refractivity contribution in [3.8, 4) is 0 Å². The van der Waals surface area contributed by atoms with Gasteiger partial charge in [-0.05, 0) is 38.4 Å². The molecule has 2 N–H and O–H groups in total. The van der Waals surface area contributed by atoms with Crippen LogP contribution in [0.15, 0.2) is 18.2 Å². The Bertz CT molecular complexity index is 286. The largest absolute Gasteiger partial charge is 0.360 e. The molecule has 1 rings (SSSR count). The second kappa shape index (κ2) is 6.40. The Morgan fingerprint density at radius 1 is 1.27 bits per heavy atom. The predicted octanol–water partition coefficient (Wildman–Crippen LogP) is 1.96. The molecule has 0 aliphatic rings. The van der Waals surface area contributed by atoms with Crippen molar-refractivity contribution in [2.45, 2.75) is 26.2 Å². The van der Waals surface area contributed by atoms with Crippen molar-refractivity contribution in [3.63, 3.8) is 0 Å². The number of hydrogen-bond donors (Lipinski definition) is 1. The summed E-state index contributed by atoms with van der Waals surface area (Å²) in [6.07, 6.45) is 3.51. The van der Waals surface area contributed by atoms with Gasteiger partial charge in [-0.3, -0.25) is 0 Å². The van der Waals surface area contributed by atoms with Gasteiger partial charge in [0.05, 0.1) is 0 Å². The molecule has 0 radical (unpaired) electrons. The van der Waals surface area contributed by atoms with Gasteiger partial charge in [0.1, 0.15) is 5.82 Å². The summed E-state index contributed by atoms with van der Waals surface area (Å²) < 4.78 is 0. The maximum absolute atomic E-state index is 5.45. The van der Waals surface area contributed by atoms with Gasteiger partial charge in [-0.15, -0.1) is 0 Å². The topological polar surface area (TPSA) is 42.1 Å². The number of aryl methyl sites for hydroxylation is 1. The molecule has 0 bridgehead atoms. The minimum Gasteiger partial charge on any atom is -0.360 e. The Morgan fingerprint density at radius 3 is 2.73 bits per heavy atom. The Hall–Kier alpha value is -1.09. The minimum absolute atomic E-state index is 0.798. The van der Waals surface area contributed by atoms with E-state index >= 15 is 0 Å². The van der Waals surface area contributed by atoms with Crippen LogP contribution in [0.1, 0.15) is 25.0 Å². The molecule has 0 fully saturated rings. The zero-order chi connectivity index (χ0) is 11.1. The van der Waals surface area contributed by atoms with Crippen molar-refractivity contribution < 1.29 is 0 Å². The first kappa shape index (κ1) is 12.0. The van der Waals surface area contributed by atoms with Crippen molar-refractivity contribution in [3.05, 3.63) is 23.9 Å². The molecular weight excluding hydrogens is 186 g/mol. The molecule has 0 amide bonds. The van der Waals surface area contributed by atoms with Gasteiger partial charge >= 0.3 is 0 Å². The van der Waals surface area contributed by atoms with E-state index in [0.29, 0.717) is 0 Å². The predicted molar refractivity (Wildman–Crippen MR) is 65.1 cm³/mol. The van der Waals surface area contributed by atoms with Crippen LogP contribution < -0.4 is 10.6 Å². The van der Waals surface area contributed by atoms with E-state index in [1.807, 2.05) is 19.1 Å². The molecule has 0 spiro atoms. The summed E-state index contributed by atoms with van der Waals surface area (Å²) in [6.45, 7) is 3.87. The highest BCUT2D eigenvalue weighted by Crippen LogP contribution is 2.10. The van der Waals surface area contributed by atoms with Gasteiger partial charge in [-0.2, -0.15) is 0 Å². The number of pyridine rings is 1. The van der Waals surface area contributed by atoms with Crippen LogP contribution in [-0.2, 0) is 0 Å². The second-order valence-electron chi connectivity index (χ2n) is 3.91. The molecule has 0 aliphatic heterocycles. The minimum atomic E-state index is 0.798. The molecule has 0 aliphatic carbocycles. The third kappa shape index (κ3) is 4.30.